The number of hydrazone groups is 1. The quantitative estimate of drug-likeness (QED) is 0.460. The van der Waals surface area contributed by atoms with Gasteiger partial charge in [0.25, 0.3) is 0 Å². The fourth-order valence-electron chi connectivity index (χ4n) is 0.904. The molecule has 1 aromatic carbocycles. The van der Waals surface area contributed by atoms with Gasteiger partial charge in [-0.25, -0.2) is 0 Å². The fourth-order valence-corrected chi connectivity index (χ4v) is 1.04. The number of nitrogens with zero attached hydrogens (tertiary/aromatic N) is 3. The number of hydrogen-bond donors (Lipinski definition) is 2. The van der Waals surface area contributed by atoms with Crippen LogP contribution in [0.15, 0.2) is 29.4 Å². The molecular formula is C10H7N5S. The molecule has 0 aliphatic heterocycles. The van der Waals surface area contributed by atoms with Crippen molar-refractivity contribution in [2.24, 2.45) is 10.8 Å². The number of thiocarbonyl (C=S) groups is 1. The van der Waals surface area contributed by atoms with Crippen molar-refractivity contribution < 1.29 is 0 Å². The van der Waals surface area contributed by atoms with Crippen LogP contribution in [0.1, 0.15) is 5.56 Å². The minimum absolute atomic E-state index is 0.238. The summed E-state index contributed by atoms with van der Waals surface area (Å²) in [6.45, 7) is 0. The van der Waals surface area contributed by atoms with E-state index >= 15 is 0 Å². The Bertz CT molecular complexity index is 487. The first-order chi connectivity index (χ1) is 7.67. The first kappa shape index (κ1) is 11.6. The van der Waals surface area contributed by atoms with Gasteiger partial charge >= 0.3 is 0 Å². The van der Waals surface area contributed by atoms with Crippen LogP contribution >= 0.6 is 12.2 Å². The molecule has 3 N–H and O–H groups in total. The van der Waals surface area contributed by atoms with Crippen molar-refractivity contribution in [2.45, 2.75) is 0 Å². The molecule has 0 radical (unpaired) electrons. The molecule has 0 amide bonds. The molecule has 5 nitrogen and oxygen atoms in total. The monoisotopic (exact) mass is 229 g/mol. The van der Waals surface area contributed by atoms with E-state index in [9.17, 15) is 0 Å². The third kappa shape index (κ3) is 3.05. The summed E-state index contributed by atoms with van der Waals surface area (Å²) >= 11 is 4.79. The van der Waals surface area contributed by atoms with Gasteiger partial charge < -0.3 is 5.73 Å². The normalized spacial score (nSPS) is 8.38. The zero-order valence-electron chi connectivity index (χ0n) is 8.14. The average Bonchev–Trinajstić information content (AvgIpc) is 2.31. The molecule has 0 fully saturated rings. The van der Waals surface area contributed by atoms with Crippen LogP contribution < -0.4 is 11.2 Å². The lowest BCUT2D eigenvalue weighted by Crippen LogP contribution is -2.08. The first-order valence-corrected chi connectivity index (χ1v) is 4.62. The number of nitrogens with one attached hydrogen (secondary N) is 1. The molecule has 16 heavy (non-hydrogen) atoms. The topological polar surface area (TPSA) is 98.0 Å². The lowest BCUT2D eigenvalue weighted by molar-refractivity contribution is 1.34. The minimum Gasteiger partial charge on any atom is -0.389 e. The van der Waals surface area contributed by atoms with Gasteiger partial charge in [0.1, 0.15) is 17.1 Å². The summed E-state index contributed by atoms with van der Waals surface area (Å²) in [7, 11) is 0. The Labute approximate surface area is 97.8 Å². The summed E-state index contributed by atoms with van der Waals surface area (Å²) in [4.78, 5) is 0.310. The van der Waals surface area contributed by atoms with Gasteiger partial charge in [-0.2, -0.15) is 15.6 Å². The second-order valence-electron chi connectivity index (χ2n) is 2.74. The van der Waals surface area contributed by atoms with E-state index < -0.39 is 0 Å². The lowest BCUT2D eigenvalue weighted by atomic mass is 10.2. The van der Waals surface area contributed by atoms with Gasteiger partial charge in [-0.05, 0) is 24.3 Å². The highest BCUT2D eigenvalue weighted by Gasteiger charge is 1.97. The Kier molecular flexibility index (Phi) is 3.96. The van der Waals surface area contributed by atoms with Crippen molar-refractivity contribution in [3.05, 3.63) is 29.8 Å². The van der Waals surface area contributed by atoms with Crippen LogP contribution in [0.3, 0.4) is 0 Å². The molecular weight excluding hydrogens is 222 g/mol. The van der Waals surface area contributed by atoms with Crippen LogP contribution in [0, 0.1) is 22.7 Å². The Morgan fingerprint density at radius 3 is 2.25 bits per heavy atom. The largest absolute Gasteiger partial charge is 0.389 e. The van der Waals surface area contributed by atoms with Crippen LogP contribution in [0.25, 0.3) is 0 Å². The van der Waals surface area contributed by atoms with Crippen molar-refractivity contribution in [1.29, 1.82) is 10.5 Å². The summed E-state index contributed by atoms with van der Waals surface area (Å²) in [5.74, 6) is 0. The molecule has 1 aromatic rings. The van der Waals surface area contributed by atoms with Crippen LogP contribution in [0.4, 0.5) is 5.69 Å². The van der Waals surface area contributed by atoms with Gasteiger partial charge in [-0.1, -0.05) is 12.2 Å². The molecule has 0 atom stereocenters. The van der Waals surface area contributed by atoms with Gasteiger partial charge in [-0.3, -0.25) is 5.43 Å². The van der Waals surface area contributed by atoms with E-state index in [2.05, 4.69) is 10.5 Å². The van der Waals surface area contributed by atoms with Crippen LogP contribution in [0.2, 0.25) is 0 Å². The molecule has 0 aromatic heterocycles. The number of nitrogens with two attached hydrogens (primary N) is 1. The molecule has 0 bridgehead atoms. The molecule has 6 heteroatoms. The molecule has 0 spiro atoms. The summed E-state index contributed by atoms with van der Waals surface area (Å²) in [6, 6.07) is 10.1. The smallest absolute Gasteiger partial charge is 0.237 e. The summed E-state index contributed by atoms with van der Waals surface area (Å²) in [5, 5.41) is 20.5. The molecule has 78 valence electrons. The molecule has 0 aliphatic carbocycles. The Morgan fingerprint density at radius 2 is 1.81 bits per heavy atom. The maximum absolute atomic E-state index is 8.44. The van der Waals surface area contributed by atoms with E-state index in [1.54, 1.807) is 36.4 Å². The fraction of sp³-hybridized carbons (Fsp3) is 0. The SMILES string of the molecule is N#CC(C#N)=NNc1ccc(C(N)=S)cc1. The molecule has 1 rings (SSSR count). The molecule has 0 saturated heterocycles. The molecule has 0 heterocycles. The predicted octanol–water partition coefficient (Wildman–Crippen LogP) is 1.14. The maximum atomic E-state index is 8.44. The van der Waals surface area contributed by atoms with Crippen molar-refractivity contribution in [3.8, 4) is 12.1 Å². The van der Waals surface area contributed by atoms with Gasteiger partial charge in [0, 0.05) is 5.56 Å². The van der Waals surface area contributed by atoms with Crippen LogP contribution in [0.5, 0.6) is 0 Å². The number of nitriles is 2. The minimum atomic E-state index is -0.238. The second kappa shape index (κ2) is 5.44. The average molecular weight is 229 g/mol. The van der Waals surface area contributed by atoms with Crippen LogP contribution in [-0.2, 0) is 0 Å². The molecule has 0 unspecified atom stereocenters. The van der Waals surface area contributed by atoms with Crippen LogP contribution in [-0.4, -0.2) is 10.7 Å². The van der Waals surface area contributed by atoms with Crippen molar-refractivity contribution >= 4 is 28.6 Å². The predicted molar refractivity (Wildman–Crippen MR) is 64.6 cm³/mol. The van der Waals surface area contributed by atoms with Gasteiger partial charge in [0.15, 0.2) is 0 Å². The van der Waals surface area contributed by atoms with Crippen molar-refractivity contribution in [2.75, 3.05) is 5.43 Å². The molecule has 0 saturated carbocycles. The Hall–Kier alpha value is -2.44. The maximum Gasteiger partial charge on any atom is 0.237 e. The highest BCUT2D eigenvalue weighted by Crippen LogP contribution is 2.09. The third-order valence-corrected chi connectivity index (χ3v) is 1.91. The van der Waals surface area contributed by atoms with Gasteiger partial charge in [-0.15, -0.1) is 0 Å². The Morgan fingerprint density at radius 1 is 1.25 bits per heavy atom. The summed E-state index contributed by atoms with van der Waals surface area (Å²) < 4.78 is 0. The number of benzene rings is 1. The second-order valence-corrected chi connectivity index (χ2v) is 3.18. The van der Waals surface area contributed by atoms with Crippen molar-refractivity contribution in [1.82, 2.24) is 0 Å². The zero-order chi connectivity index (χ0) is 12.0. The van der Waals surface area contributed by atoms with E-state index in [1.807, 2.05) is 0 Å². The van der Waals surface area contributed by atoms with Gasteiger partial charge in [0.2, 0.25) is 5.71 Å². The van der Waals surface area contributed by atoms with Gasteiger partial charge in [0.05, 0.1) is 5.69 Å². The zero-order valence-corrected chi connectivity index (χ0v) is 8.95. The van der Waals surface area contributed by atoms with E-state index in [4.69, 9.17) is 28.5 Å². The van der Waals surface area contributed by atoms with E-state index in [0.717, 1.165) is 5.56 Å². The molecule has 0 aliphatic rings. The summed E-state index contributed by atoms with van der Waals surface area (Å²) in [6.07, 6.45) is 0. The standard InChI is InChI=1S/C10H7N5S/c11-5-9(6-12)15-14-8-3-1-7(2-4-8)10(13)16/h1-4,14H,(H2,13,16). The Balaban J connectivity index is 2.78. The van der Waals surface area contributed by atoms with Crippen molar-refractivity contribution in [3.63, 3.8) is 0 Å². The first-order valence-electron chi connectivity index (χ1n) is 4.21. The number of anilines is 1. The summed E-state index contributed by atoms with van der Waals surface area (Å²) in [5.41, 5.74) is 9.14. The highest BCUT2D eigenvalue weighted by atomic mass is 32.1. The van der Waals surface area contributed by atoms with E-state index in [0.29, 0.717) is 10.7 Å². The van der Waals surface area contributed by atoms with E-state index in [1.165, 1.54) is 0 Å². The third-order valence-electron chi connectivity index (χ3n) is 1.68. The number of rotatable bonds is 3. The number of hydrogen-bond acceptors (Lipinski definition) is 5. The highest BCUT2D eigenvalue weighted by molar-refractivity contribution is 7.80. The lowest BCUT2D eigenvalue weighted by Gasteiger charge is -2.01. The van der Waals surface area contributed by atoms with E-state index in [-0.39, 0.29) is 5.71 Å².